The molecule has 1 saturated carbocycles. The molecule has 29 heavy (non-hydrogen) atoms. The predicted octanol–water partition coefficient (Wildman–Crippen LogP) is 3.56. The number of hydrogen-bond donors (Lipinski definition) is 1. The van der Waals surface area contributed by atoms with Gasteiger partial charge >= 0.3 is 0 Å². The van der Waals surface area contributed by atoms with E-state index in [4.69, 9.17) is 15.2 Å². The van der Waals surface area contributed by atoms with E-state index in [-0.39, 0.29) is 17.6 Å². The molecule has 0 aliphatic heterocycles. The zero-order chi connectivity index (χ0) is 20.4. The van der Waals surface area contributed by atoms with Gasteiger partial charge in [0.1, 0.15) is 11.9 Å². The summed E-state index contributed by atoms with van der Waals surface area (Å²) in [5.41, 5.74) is 8.26. The standard InChI is InChI=1S/C22H25N5O2/c1-14-10-24-12-21(27-14)29-20-13-25-19(11-26-20)22(2,3)15-4-6-17(7-5-15)28-18-8-16(23)9-18/h4-7,10-13,16,18H,8-9,23H2,1-3H3. The van der Waals surface area contributed by atoms with Gasteiger partial charge in [-0.1, -0.05) is 26.0 Å². The molecule has 0 saturated heterocycles. The van der Waals surface area contributed by atoms with Crippen molar-refractivity contribution < 1.29 is 9.47 Å². The van der Waals surface area contributed by atoms with E-state index in [1.54, 1.807) is 24.8 Å². The third-order valence-electron chi connectivity index (χ3n) is 5.22. The maximum Gasteiger partial charge on any atom is 0.240 e. The summed E-state index contributed by atoms with van der Waals surface area (Å²) in [6, 6.07) is 8.43. The number of nitrogens with zero attached hydrogens (tertiary/aromatic N) is 4. The second kappa shape index (κ2) is 7.75. The fourth-order valence-corrected chi connectivity index (χ4v) is 3.28. The van der Waals surface area contributed by atoms with Crippen molar-refractivity contribution in [2.75, 3.05) is 0 Å². The van der Waals surface area contributed by atoms with Crippen molar-refractivity contribution in [3.05, 3.63) is 66.0 Å². The molecule has 4 rings (SSSR count). The zero-order valence-corrected chi connectivity index (χ0v) is 16.9. The summed E-state index contributed by atoms with van der Waals surface area (Å²) in [6.45, 7) is 6.09. The predicted molar refractivity (Wildman–Crippen MR) is 109 cm³/mol. The van der Waals surface area contributed by atoms with Gasteiger partial charge in [-0.05, 0) is 37.5 Å². The Morgan fingerprint density at radius 1 is 0.966 bits per heavy atom. The van der Waals surface area contributed by atoms with Crippen molar-refractivity contribution in [1.29, 1.82) is 0 Å². The Balaban J connectivity index is 1.45. The summed E-state index contributed by atoms with van der Waals surface area (Å²) in [5, 5.41) is 0. The van der Waals surface area contributed by atoms with Gasteiger partial charge in [0.15, 0.2) is 0 Å². The summed E-state index contributed by atoms with van der Waals surface area (Å²) >= 11 is 0. The number of rotatable bonds is 6. The zero-order valence-electron chi connectivity index (χ0n) is 16.9. The molecule has 0 unspecified atom stereocenters. The van der Waals surface area contributed by atoms with Crippen LogP contribution in [0.4, 0.5) is 0 Å². The molecule has 1 fully saturated rings. The highest BCUT2D eigenvalue weighted by Gasteiger charge is 2.28. The van der Waals surface area contributed by atoms with E-state index < -0.39 is 0 Å². The Bertz CT molecular complexity index is 967. The first kappa shape index (κ1) is 19.3. The molecule has 1 aliphatic carbocycles. The van der Waals surface area contributed by atoms with Gasteiger partial charge in [-0.3, -0.25) is 9.97 Å². The third-order valence-corrected chi connectivity index (χ3v) is 5.22. The number of benzene rings is 1. The molecule has 1 aliphatic rings. The fraction of sp³-hybridized carbons (Fsp3) is 0.364. The average molecular weight is 391 g/mol. The molecule has 2 N–H and O–H groups in total. The van der Waals surface area contributed by atoms with Gasteiger partial charge in [-0.2, -0.15) is 0 Å². The lowest BCUT2D eigenvalue weighted by molar-refractivity contribution is 0.101. The molecule has 150 valence electrons. The normalized spacial score (nSPS) is 18.8. The molecule has 0 amide bonds. The summed E-state index contributed by atoms with van der Waals surface area (Å²) in [4.78, 5) is 17.3. The van der Waals surface area contributed by atoms with Gasteiger partial charge in [0, 0.05) is 17.7 Å². The third kappa shape index (κ3) is 4.35. The number of ether oxygens (including phenoxy) is 2. The second-order valence-electron chi connectivity index (χ2n) is 7.96. The summed E-state index contributed by atoms with van der Waals surface area (Å²) in [7, 11) is 0. The minimum Gasteiger partial charge on any atom is -0.490 e. The van der Waals surface area contributed by atoms with Gasteiger partial charge in [0.25, 0.3) is 0 Å². The van der Waals surface area contributed by atoms with Crippen molar-refractivity contribution in [1.82, 2.24) is 19.9 Å². The first-order chi connectivity index (χ1) is 13.9. The molecule has 7 heteroatoms. The number of hydrogen-bond acceptors (Lipinski definition) is 7. The maximum absolute atomic E-state index is 5.94. The molecule has 2 heterocycles. The molecule has 0 bridgehead atoms. The van der Waals surface area contributed by atoms with E-state index in [1.165, 1.54) is 0 Å². The highest BCUT2D eigenvalue weighted by molar-refractivity contribution is 5.37. The van der Waals surface area contributed by atoms with Crippen molar-refractivity contribution in [2.24, 2.45) is 5.73 Å². The van der Waals surface area contributed by atoms with Crippen LogP contribution in [0.15, 0.2) is 49.1 Å². The molecule has 0 radical (unpaired) electrons. The summed E-state index contributed by atoms with van der Waals surface area (Å²) in [6.07, 6.45) is 8.64. The van der Waals surface area contributed by atoms with Crippen molar-refractivity contribution in [3.63, 3.8) is 0 Å². The van der Waals surface area contributed by atoms with Crippen LogP contribution in [0.25, 0.3) is 0 Å². The van der Waals surface area contributed by atoms with Crippen molar-refractivity contribution >= 4 is 0 Å². The second-order valence-corrected chi connectivity index (χ2v) is 7.96. The number of aromatic nitrogens is 4. The Hall–Kier alpha value is -3.06. The molecule has 0 spiro atoms. The van der Waals surface area contributed by atoms with Crippen LogP contribution in [-0.4, -0.2) is 32.1 Å². The van der Waals surface area contributed by atoms with E-state index in [9.17, 15) is 0 Å². The Kier molecular flexibility index (Phi) is 5.15. The largest absolute Gasteiger partial charge is 0.490 e. The van der Waals surface area contributed by atoms with E-state index >= 15 is 0 Å². The van der Waals surface area contributed by atoms with Gasteiger partial charge in [-0.15, -0.1) is 0 Å². The fourth-order valence-electron chi connectivity index (χ4n) is 3.28. The lowest BCUT2D eigenvalue weighted by Crippen LogP contribution is -2.43. The molecule has 1 aromatic carbocycles. The van der Waals surface area contributed by atoms with Gasteiger partial charge in [-0.25, -0.2) is 9.97 Å². The SMILES string of the molecule is Cc1cncc(Oc2cnc(C(C)(C)c3ccc(OC4CC(N)C4)cc3)cn2)n1. The van der Waals surface area contributed by atoms with Crippen molar-refractivity contribution in [3.8, 4) is 17.5 Å². The van der Waals surface area contributed by atoms with Crippen LogP contribution < -0.4 is 15.2 Å². The summed E-state index contributed by atoms with van der Waals surface area (Å²) < 4.78 is 11.6. The van der Waals surface area contributed by atoms with Gasteiger partial charge in [0.2, 0.25) is 11.8 Å². The van der Waals surface area contributed by atoms with Crippen LogP contribution in [-0.2, 0) is 5.41 Å². The van der Waals surface area contributed by atoms with Crippen LogP contribution >= 0.6 is 0 Å². The van der Waals surface area contributed by atoms with Crippen LogP contribution in [0.2, 0.25) is 0 Å². The summed E-state index contributed by atoms with van der Waals surface area (Å²) in [5.74, 6) is 1.65. The minimum absolute atomic E-state index is 0.236. The Morgan fingerprint density at radius 3 is 2.34 bits per heavy atom. The van der Waals surface area contributed by atoms with E-state index in [2.05, 4.69) is 45.9 Å². The highest BCUT2D eigenvalue weighted by Crippen LogP contribution is 2.32. The lowest BCUT2D eigenvalue weighted by Gasteiger charge is -2.32. The van der Waals surface area contributed by atoms with Crippen LogP contribution in [0, 0.1) is 6.92 Å². The molecule has 2 aromatic heterocycles. The first-order valence-corrected chi connectivity index (χ1v) is 9.72. The number of nitrogens with two attached hydrogens (primary N) is 1. The topological polar surface area (TPSA) is 96.0 Å². The van der Waals surface area contributed by atoms with Gasteiger partial charge < -0.3 is 15.2 Å². The molecular weight excluding hydrogens is 366 g/mol. The lowest BCUT2D eigenvalue weighted by atomic mass is 9.82. The van der Waals surface area contributed by atoms with E-state index in [0.29, 0.717) is 11.8 Å². The monoisotopic (exact) mass is 391 g/mol. The van der Waals surface area contributed by atoms with Gasteiger partial charge in [0.05, 0.1) is 30.0 Å². The maximum atomic E-state index is 5.94. The average Bonchev–Trinajstić information content (AvgIpc) is 2.68. The van der Waals surface area contributed by atoms with Crippen LogP contribution in [0.3, 0.4) is 0 Å². The molecular formula is C22H25N5O2. The molecule has 7 nitrogen and oxygen atoms in total. The Morgan fingerprint density at radius 2 is 1.72 bits per heavy atom. The highest BCUT2D eigenvalue weighted by atomic mass is 16.5. The van der Waals surface area contributed by atoms with E-state index in [1.807, 2.05) is 19.1 Å². The molecule has 3 aromatic rings. The number of aryl methyl sites for hydroxylation is 1. The molecule has 0 atom stereocenters. The quantitative estimate of drug-likeness (QED) is 0.686. The van der Waals surface area contributed by atoms with Crippen molar-refractivity contribution in [2.45, 2.75) is 51.2 Å². The van der Waals surface area contributed by atoms with Crippen LogP contribution in [0.1, 0.15) is 43.6 Å². The minimum atomic E-state index is -0.313. The Labute approximate surface area is 170 Å². The van der Waals surface area contributed by atoms with Crippen LogP contribution in [0.5, 0.6) is 17.5 Å². The smallest absolute Gasteiger partial charge is 0.240 e. The first-order valence-electron chi connectivity index (χ1n) is 9.72. The van der Waals surface area contributed by atoms with E-state index in [0.717, 1.165) is 35.5 Å².